The van der Waals surface area contributed by atoms with Gasteiger partial charge in [0.15, 0.2) is 11.5 Å². The molecular formula is C16H27NO4. The van der Waals surface area contributed by atoms with Crippen LogP contribution in [0.15, 0.2) is 18.2 Å². The first kappa shape index (κ1) is 17.8. The monoisotopic (exact) mass is 297 g/mol. The summed E-state index contributed by atoms with van der Waals surface area (Å²) in [5, 5.41) is 13.1. The quantitative estimate of drug-likeness (QED) is 0.612. The van der Waals surface area contributed by atoms with Gasteiger partial charge in [-0.25, -0.2) is 0 Å². The van der Waals surface area contributed by atoms with Crippen LogP contribution in [-0.2, 0) is 11.3 Å². The zero-order valence-corrected chi connectivity index (χ0v) is 13.2. The Labute approximate surface area is 127 Å². The standard InChI is InChI=1S/C16H27NO4/c1-4-9-17-10-13-7-6-8-15(20-5-2)16(13)21-12-14(18)11-19-3/h6-8,14,17-18H,4-5,9-12H2,1-3H3. The fourth-order valence-corrected chi connectivity index (χ4v) is 1.95. The molecule has 0 aliphatic carbocycles. The Morgan fingerprint density at radius 2 is 2.00 bits per heavy atom. The molecule has 1 aromatic rings. The van der Waals surface area contributed by atoms with E-state index in [0.29, 0.717) is 24.7 Å². The second-order valence-corrected chi connectivity index (χ2v) is 4.77. The fourth-order valence-electron chi connectivity index (χ4n) is 1.95. The number of nitrogens with one attached hydrogen (secondary N) is 1. The zero-order chi connectivity index (χ0) is 15.5. The third-order valence-corrected chi connectivity index (χ3v) is 2.88. The summed E-state index contributed by atoms with van der Waals surface area (Å²) < 4.78 is 16.3. The highest BCUT2D eigenvalue weighted by Crippen LogP contribution is 2.31. The first-order chi connectivity index (χ1) is 10.2. The van der Waals surface area contributed by atoms with Crippen LogP contribution < -0.4 is 14.8 Å². The summed E-state index contributed by atoms with van der Waals surface area (Å²) in [6.45, 7) is 6.73. The highest BCUT2D eigenvalue weighted by molar-refractivity contribution is 5.46. The normalized spacial score (nSPS) is 12.2. The number of methoxy groups -OCH3 is 1. The number of rotatable bonds is 11. The van der Waals surface area contributed by atoms with Crippen molar-refractivity contribution in [1.29, 1.82) is 0 Å². The van der Waals surface area contributed by atoms with Crippen LogP contribution in [0.25, 0.3) is 0 Å². The summed E-state index contributed by atoms with van der Waals surface area (Å²) in [4.78, 5) is 0. The average Bonchev–Trinajstić information content (AvgIpc) is 2.47. The summed E-state index contributed by atoms with van der Waals surface area (Å²) in [5.41, 5.74) is 1.03. The van der Waals surface area contributed by atoms with Gasteiger partial charge >= 0.3 is 0 Å². The molecule has 0 fully saturated rings. The number of aliphatic hydroxyl groups is 1. The van der Waals surface area contributed by atoms with Gasteiger partial charge in [0.1, 0.15) is 12.7 Å². The van der Waals surface area contributed by atoms with E-state index in [1.807, 2.05) is 25.1 Å². The van der Waals surface area contributed by atoms with Crippen molar-refractivity contribution in [1.82, 2.24) is 5.32 Å². The minimum Gasteiger partial charge on any atom is -0.490 e. The molecule has 0 radical (unpaired) electrons. The molecule has 0 aromatic heterocycles. The maximum absolute atomic E-state index is 9.73. The van der Waals surface area contributed by atoms with E-state index in [1.165, 1.54) is 0 Å². The lowest BCUT2D eigenvalue weighted by molar-refractivity contribution is 0.0315. The minimum atomic E-state index is -0.652. The van der Waals surface area contributed by atoms with Crippen molar-refractivity contribution in [3.63, 3.8) is 0 Å². The van der Waals surface area contributed by atoms with Crippen molar-refractivity contribution in [3.8, 4) is 11.5 Å². The SMILES string of the molecule is CCCNCc1cccc(OCC)c1OCC(O)COC. The minimum absolute atomic E-state index is 0.179. The van der Waals surface area contributed by atoms with Crippen LogP contribution in [0.3, 0.4) is 0 Å². The highest BCUT2D eigenvalue weighted by atomic mass is 16.5. The molecule has 5 heteroatoms. The van der Waals surface area contributed by atoms with Crippen LogP contribution in [0.1, 0.15) is 25.8 Å². The molecular weight excluding hydrogens is 270 g/mol. The van der Waals surface area contributed by atoms with Crippen LogP contribution in [0, 0.1) is 0 Å². The van der Waals surface area contributed by atoms with Crippen LogP contribution in [-0.4, -0.2) is 44.7 Å². The van der Waals surface area contributed by atoms with Gasteiger partial charge < -0.3 is 24.6 Å². The van der Waals surface area contributed by atoms with E-state index in [2.05, 4.69) is 12.2 Å². The second kappa shape index (κ2) is 10.4. The first-order valence-corrected chi connectivity index (χ1v) is 7.48. The van der Waals surface area contributed by atoms with Crippen molar-refractivity contribution in [2.75, 3.05) is 33.5 Å². The molecule has 21 heavy (non-hydrogen) atoms. The van der Waals surface area contributed by atoms with Gasteiger partial charge in [-0.2, -0.15) is 0 Å². The summed E-state index contributed by atoms with van der Waals surface area (Å²) in [6.07, 6.45) is 0.426. The summed E-state index contributed by atoms with van der Waals surface area (Å²) in [6, 6.07) is 5.83. The number of para-hydroxylation sites is 1. The number of aliphatic hydroxyl groups excluding tert-OH is 1. The number of hydrogen-bond acceptors (Lipinski definition) is 5. The Bertz CT molecular complexity index is 398. The van der Waals surface area contributed by atoms with E-state index < -0.39 is 6.10 Å². The predicted octanol–water partition coefficient (Wildman–Crippen LogP) is 1.97. The fraction of sp³-hybridized carbons (Fsp3) is 0.625. The molecule has 0 bridgehead atoms. The van der Waals surface area contributed by atoms with Crippen molar-refractivity contribution < 1.29 is 19.3 Å². The van der Waals surface area contributed by atoms with E-state index in [-0.39, 0.29) is 13.2 Å². The van der Waals surface area contributed by atoms with Gasteiger partial charge in [0, 0.05) is 19.2 Å². The lowest BCUT2D eigenvalue weighted by atomic mass is 10.1. The van der Waals surface area contributed by atoms with Crippen molar-refractivity contribution in [3.05, 3.63) is 23.8 Å². The van der Waals surface area contributed by atoms with E-state index in [1.54, 1.807) is 7.11 Å². The van der Waals surface area contributed by atoms with Crippen LogP contribution in [0.2, 0.25) is 0 Å². The van der Waals surface area contributed by atoms with Gasteiger partial charge in [0.05, 0.1) is 13.2 Å². The van der Waals surface area contributed by atoms with Gasteiger partial charge in [-0.1, -0.05) is 19.1 Å². The van der Waals surface area contributed by atoms with Gasteiger partial charge in [-0.3, -0.25) is 0 Å². The molecule has 1 rings (SSSR count). The Hall–Kier alpha value is -1.30. The van der Waals surface area contributed by atoms with E-state index >= 15 is 0 Å². The maximum atomic E-state index is 9.73. The number of hydrogen-bond donors (Lipinski definition) is 2. The van der Waals surface area contributed by atoms with Crippen LogP contribution in [0.4, 0.5) is 0 Å². The molecule has 0 heterocycles. The molecule has 1 unspecified atom stereocenters. The number of benzene rings is 1. The second-order valence-electron chi connectivity index (χ2n) is 4.77. The van der Waals surface area contributed by atoms with E-state index in [0.717, 1.165) is 18.5 Å². The summed E-state index contributed by atoms with van der Waals surface area (Å²) in [7, 11) is 1.55. The summed E-state index contributed by atoms with van der Waals surface area (Å²) in [5.74, 6) is 1.40. The molecule has 0 aliphatic heterocycles. The van der Waals surface area contributed by atoms with Crippen LogP contribution >= 0.6 is 0 Å². The molecule has 0 saturated carbocycles. The third kappa shape index (κ3) is 6.33. The molecule has 2 N–H and O–H groups in total. The van der Waals surface area contributed by atoms with Crippen molar-refractivity contribution in [2.24, 2.45) is 0 Å². The van der Waals surface area contributed by atoms with E-state index in [4.69, 9.17) is 14.2 Å². The molecule has 0 saturated heterocycles. The molecule has 1 atom stereocenters. The van der Waals surface area contributed by atoms with Crippen molar-refractivity contribution in [2.45, 2.75) is 32.9 Å². The topological polar surface area (TPSA) is 60.0 Å². The largest absolute Gasteiger partial charge is 0.490 e. The van der Waals surface area contributed by atoms with Crippen molar-refractivity contribution >= 4 is 0 Å². The lowest BCUT2D eigenvalue weighted by Gasteiger charge is -2.18. The molecule has 0 amide bonds. The first-order valence-electron chi connectivity index (χ1n) is 7.48. The van der Waals surface area contributed by atoms with E-state index in [9.17, 15) is 5.11 Å². The third-order valence-electron chi connectivity index (χ3n) is 2.88. The van der Waals surface area contributed by atoms with Gasteiger partial charge in [0.2, 0.25) is 0 Å². The predicted molar refractivity (Wildman–Crippen MR) is 83.0 cm³/mol. The Kier molecular flexibility index (Phi) is 8.82. The van der Waals surface area contributed by atoms with Crippen LogP contribution in [0.5, 0.6) is 11.5 Å². The smallest absolute Gasteiger partial charge is 0.165 e. The Morgan fingerprint density at radius 1 is 1.19 bits per heavy atom. The zero-order valence-electron chi connectivity index (χ0n) is 13.2. The average molecular weight is 297 g/mol. The van der Waals surface area contributed by atoms with Gasteiger partial charge in [0.25, 0.3) is 0 Å². The van der Waals surface area contributed by atoms with Gasteiger partial charge in [-0.15, -0.1) is 0 Å². The molecule has 0 aliphatic rings. The Balaban J connectivity index is 2.78. The number of ether oxygens (including phenoxy) is 3. The van der Waals surface area contributed by atoms with Gasteiger partial charge in [-0.05, 0) is 26.0 Å². The molecule has 5 nitrogen and oxygen atoms in total. The summed E-state index contributed by atoms with van der Waals surface area (Å²) >= 11 is 0. The Morgan fingerprint density at radius 3 is 2.67 bits per heavy atom. The highest BCUT2D eigenvalue weighted by Gasteiger charge is 2.13. The maximum Gasteiger partial charge on any atom is 0.165 e. The lowest BCUT2D eigenvalue weighted by Crippen LogP contribution is -2.23. The molecule has 0 spiro atoms. The molecule has 120 valence electrons. The molecule has 1 aromatic carbocycles.